The van der Waals surface area contributed by atoms with Crippen LogP contribution in [0.3, 0.4) is 0 Å². The molecule has 0 bridgehead atoms. The molecule has 1 heterocycles. The van der Waals surface area contributed by atoms with E-state index in [1.807, 2.05) is 11.6 Å². The Morgan fingerprint density at radius 1 is 1.15 bits per heavy atom. The minimum atomic E-state index is 0.0871. The van der Waals surface area contributed by atoms with Crippen LogP contribution in [0.5, 0.6) is 5.88 Å². The van der Waals surface area contributed by atoms with Crippen molar-refractivity contribution in [3.8, 4) is 5.88 Å². The first-order valence-electron chi connectivity index (χ1n) is 7.00. The minimum Gasteiger partial charge on any atom is -0.492 e. The molecule has 1 aromatic heterocycles. The largest absolute Gasteiger partial charge is 0.492 e. The Kier molecular flexibility index (Phi) is 3.63. The van der Waals surface area contributed by atoms with Crippen molar-refractivity contribution in [2.24, 2.45) is 7.05 Å². The van der Waals surface area contributed by atoms with E-state index in [2.05, 4.69) is 51.7 Å². The summed E-state index contributed by atoms with van der Waals surface area (Å²) in [7, 11) is 1.91. The van der Waals surface area contributed by atoms with Crippen LogP contribution in [0.4, 0.5) is 0 Å². The third-order valence-electron chi connectivity index (χ3n) is 3.86. The monoisotopic (exact) mass is 272 g/mol. The third-order valence-corrected chi connectivity index (χ3v) is 3.86. The summed E-state index contributed by atoms with van der Waals surface area (Å²) in [5.74, 6) is 0.973. The van der Waals surface area contributed by atoms with Gasteiger partial charge in [-0.25, -0.2) is 0 Å². The topological polar surface area (TPSA) is 38.1 Å². The molecule has 3 heteroatoms. The van der Waals surface area contributed by atoms with Crippen LogP contribution in [-0.2, 0) is 18.9 Å². The van der Waals surface area contributed by atoms with Crippen molar-refractivity contribution in [2.45, 2.75) is 46.5 Å². The lowest BCUT2D eigenvalue weighted by Gasteiger charge is -2.22. The summed E-state index contributed by atoms with van der Waals surface area (Å²) in [5.41, 5.74) is 5.40. The van der Waals surface area contributed by atoms with Gasteiger partial charge in [-0.1, -0.05) is 32.9 Å². The molecule has 0 spiro atoms. The Bertz CT molecular complexity index is 610. The van der Waals surface area contributed by atoms with Crippen LogP contribution in [0.1, 0.15) is 48.8 Å². The van der Waals surface area contributed by atoms with Crippen LogP contribution in [0.15, 0.2) is 18.3 Å². The Hall–Kier alpha value is -1.77. The second kappa shape index (κ2) is 4.97. The molecule has 0 aliphatic carbocycles. The highest BCUT2D eigenvalue weighted by Gasteiger charge is 2.17. The number of benzene rings is 1. The molecule has 20 heavy (non-hydrogen) atoms. The fraction of sp³-hybridized carbons (Fsp3) is 0.471. The summed E-state index contributed by atoms with van der Waals surface area (Å²) >= 11 is 0. The highest BCUT2D eigenvalue weighted by atomic mass is 16.3. The fourth-order valence-electron chi connectivity index (χ4n) is 2.52. The first-order chi connectivity index (χ1) is 9.18. The zero-order valence-electron chi connectivity index (χ0n) is 13.3. The number of imidazole rings is 1. The van der Waals surface area contributed by atoms with Crippen molar-refractivity contribution in [1.82, 2.24) is 9.55 Å². The molecule has 0 amide bonds. The lowest BCUT2D eigenvalue weighted by Crippen LogP contribution is -2.13. The molecule has 0 fully saturated rings. The molecule has 2 rings (SSSR count). The molecule has 0 unspecified atom stereocenters. The average molecular weight is 272 g/mol. The summed E-state index contributed by atoms with van der Waals surface area (Å²) < 4.78 is 1.88. The molecule has 3 nitrogen and oxygen atoms in total. The van der Waals surface area contributed by atoms with E-state index in [0.717, 1.165) is 12.2 Å². The Morgan fingerprint density at radius 2 is 1.70 bits per heavy atom. The predicted molar refractivity (Wildman–Crippen MR) is 82.3 cm³/mol. The van der Waals surface area contributed by atoms with Gasteiger partial charge in [0.2, 0.25) is 5.88 Å². The van der Waals surface area contributed by atoms with Crippen LogP contribution < -0.4 is 0 Å². The first-order valence-corrected chi connectivity index (χ1v) is 7.00. The smallest absolute Gasteiger partial charge is 0.229 e. The van der Waals surface area contributed by atoms with Crippen molar-refractivity contribution in [1.29, 1.82) is 0 Å². The van der Waals surface area contributed by atoms with E-state index in [-0.39, 0.29) is 11.3 Å². The van der Waals surface area contributed by atoms with Gasteiger partial charge in [0.05, 0.1) is 6.20 Å². The molecule has 2 aromatic rings. The van der Waals surface area contributed by atoms with Gasteiger partial charge in [0.1, 0.15) is 5.82 Å². The molecule has 0 atom stereocenters. The summed E-state index contributed by atoms with van der Waals surface area (Å²) in [4.78, 5) is 4.18. The van der Waals surface area contributed by atoms with Crippen molar-refractivity contribution >= 4 is 0 Å². The molecule has 1 N–H and O–H groups in total. The van der Waals surface area contributed by atoms with Crippen molar-refractivity contribution < 1.29 is 5.11 Å². The maximum absolute atomic E-state index is 9.47. The number of nitrogens with zero attached hydrogens (tertiary/aromatic N) is 2. The average Bonchev–Trinajstić information content (AvgIpc) is 2.61. The summed E-state index contributed by atoms with van der Waals surface area (Å²) in [6.07, 6.45) is 2.39. The van der Waals surface area contributed by atoms with Crippen molar-refractivity contribution in [3.05, 3.63) is 46.4 Å². The van der Waals surface area contributed by atoms with Crippen LogP contribution in [0.2, 0.25) is 0 Å². The van der Waals surface area contributed by atoms with Gasteiger partial charge in [0.25, 0.3) is 0 Å². The van der Waals surface area contributed by atoms with Crippen LogP contribution >= 0.6 is 0 Å². The Balaban J connectivity index is 2.41. The second-order valence-electron chi connectivity index (χ2n) is 6.64. The van der Waals surface area contributed by atoms with Gasteiger partial charge in [0, 0.05) is 13.5 Å². The van der Waals surface area contributed by atoms with E-state index >= 15 is 0 Å². The molecule has 108 valence electrons. The number of aryl methyl sites for hydroxylation is 3. The molecule has 0 saturated heterocycles. The second-order valence-corrected chi connectivity index (χ2v) is 6.64. The van der Waals surface area contributed by atoms with Crippen LogP contribution in [-0.4, -0.2) is 14.7 Å². The van der Waals surface area contributed by atoms with E-state index in [1.165, 1.54) is 22.3 Å². The number of rotatable bonds is 2. The van der Waals surface area contributed by atoms with Gasteiger partial charge in [-0.3, -0.25) is 0 Å². The molecular formula is C17H24N2O. The molecule has 0 saturated carbocycles. The highest BCUT2D eigenvalue weighted by molar-refractivity contribution is 5.42. The standard InChI is InChI=1S/C17H24N2O/c1-11-7-13(17(3,4)5)8-12(2)14(11)9-15-18-16(20)10-19(15)6/h7-8,10,20H,9H2,1-6H3. The minimum absolute atomic E-state index is 0.0871. The van der Waals surface area contributed by atoms with Gasteiger partial charge in [-0.2, -0.15) is 4.98 Å². The first kappa shape index (κ1) is 14.6. The van der Waals surface area contributed by atoms with E-state index in [1.54, 1.807) is 6.20 Å². The van der Waals surface area contributed by atoms with E-state index in [9.17, 15) is 5.11 Å². The molecule has 0 aliphatic rings. The summed E-state index contributed by atoms with van der Waals surface area (Å²) in [5, 5.41) is 9.47. The van der Waals surface area contributed by atoms with Gasteiger partial charge >= 0.3 is 0 Å². The number of aromatic hydroxyl groups is 1. The Morgan fingerprint density at radius 3 is 2.10 bits per heavy atom. The van der Waals surface area contributed by atoms with Crippen LogP contribution in [0, 0.1) is 13.8 Å². The summed E-state index contributed by atoms with van der Waals surface area (Å²) in [6, 6.07) is 4.54. The van der Waals surface area contributed by atoms with Crippen LogP contribution in [0.25, 0.3) is 0 Å². The third kappa shape index (κ3) is 2.87. The van der Waals surface area contributed by atoms with Gasteiger partial charge in [-0.15, -0.1) is 0 Å². The van der Waals surface area contributed by atoms with Gasteiger partial charge in [-0.05, 0) is 41.5 Å². The maximum Gasteiger partial charge on any atom is 0.229 e. The quantitative estimate of drug-likeness (QED) is 0.906. The highest BCUT2D eigenvalue weighted by Crippen LogP contribution is 2.28. The zero-order valence-corrected chi connectivity index (χ0v) is 13.3. The maximum atomic E-state index is 9.47. The van der Waals surface area contributed by atoms with Crippen molar-refractivity contribution in [3.63, 3.8) is 0 Å². The normalized spacial score (nSPS) is 11.9. The van der Waals surface area contributed by atoms with E-state index in [4.69, 9.17) is 0 Å². The molecule has 1 aromatic carbocycles. The fourth-order valence-corrected chi connectivity index (χ4v) is 2.52. The van der Waals surface area contributed by atoms with E-state index in [0.29, 0.717) is 0 Å². The lowest BCUT2D eigenvalue weighted by atomic mass is 9.83. The molecule has 0 aliphatic heterocycles. The van der Waals surface area contributed by atoms with Crippen molar-refractivity contribution in [2.75, 3.05) is 0 Å². The Labute approximate surface area is 121 Å². The number of aromatic nitrogens is 2. The van der Waals surface area contributed by atoms with Gasteiger partial charge < -0.3 is 9.67 Å². The number of hydrogen-bond acceptors (Lipinski definition) is 2. The molecule has 0 radical (unpaired) electrons. The predicted octanol–water partition coefficient (Wildman–Crippen LogP) is 3.63. The van der Waals surface area contributed by atoms with E-state index < -0.39 is 0 Å². The van der Waals surface area contributed by atoms with Gasteiger partial charge in [0.15, 0.2) is 0 Å². The summed E-state index contributed by atoms with van der Waals surface area (Å²) in [6.45, 7) is 11.0. The molecular weight excluding hydrogens is 248 g/mol. The zero-order chi connectivity index (χ0) is 15.1. The number of hydrogen-bond donors (Lipinski definition) is 1. The SMILES string of the molecule is Cc1cc(C(C)(C)C)cc(C)c1Cc1nc(O)cn1C. The lowest BCUT2D eigenvalue weighted by molar-refractivity contribution is 0.455.